The third-order valence-corrected chi connectivity index (χ3v) is 3.62. The molecular weight excluding hydrogens is 310 g/mol. The molecule has 3 N–H and O–H groups in total. The molecule has 0 spiro atoms. The summed E-state index contributed by atoms with van der Waals surface area (Å²) in [6, 6.07) is 7.26. The minimum atomic E-state index is -0.364. The lowest BCUT2D eigenvalue weighted by atomic mass is 10.1. The van der Waals surface area contributed by atoms with E-state index in [0.717, 1.165) is 37.1 Å². The summed E-state index contributed by atoms with van der Waals surface area (Å²) in [6.45, 7) is 3.06. The number of methoxy groups -OCH3 is 1. The van der Waals surface area contributed by atoms with E-state index >= 15 is 0 Å². The first kappa shape index (κ1) is 19.8. The van der Waals surface area contributed by atoms with Gasteiger partial charge in [-0.2, -0.15) is 0 Å². The van der Waals surface area contributed by atoms with Gasteiger partial charge in [0, 0.05) is 25.2 Å². The van der Waals surface area contributed by atoms with Crippen molar-refractivity contribution in [3.63, 3.8) is 0 Å². The molecule has 0 saturated heterocycles. The van der Waals surface area contributed by atoms with Gasteiger partial charge in [-0.05, 0) is 44.0 Å². The van der Waals surface area contributed by atoms with Gasteiger partial charge in [0.15, 0.2) is 0 Å². The van der Waals surface area contributed by atoms with Gasteiger partial charge in [0.25, 0.3) is 0 Å². The Bertz CT molecular complexity index is 505. The first-order valence-electron chi connectivity index (χ1n) is 8.24. The summed E-state index contributed by atoms with van der Waals surface area (Å²) in [5.41, 5.74) is 2.44. The van der Waals surface area contributed by atoms with Crippen LogP contribution in [0.2, 0.25) is 0 Å². The van der Waals surface area contributed by atoms with Crippen molar-refractivity contribution in [2.24, 2.45) is 0 Å². The van der Waals surface area contributed by atoms with Crippen LogP contribution in [0.25, 0.3) is 0 Å². The zero-order chi connectivity index (χ0) is 17.8. The molecule has 7 heteroatoms. The van der Waals surface area contributed by atoms with Gasteiger partial charge in [-0.1, -0.05) is 12.8 Å². The summed E-state index contributed by atoms with van der Waals surface area (Å²) in [7, 11) is 1.60. The second-order valence-electron chi connectivity index (χ2n) is 5.38. The summed E-state index contributed by atoms with van der Waals surface area (Å²) in [4.78, 5) is 24.9. The monoisotopic (exact) mass is 337 g/mol. The number of carbonyl (C=O) groups is 2. The topological polar surface area (TPSA) is 90.9 Å². The molecule has 0 aliphatic carbocycles. The average Bonchev–Trinajstić information content (AvgIpc) is 2.61. The third-order valence-electron chi connectivity index (χ3n) is 3.62. The molecular formula is C17H27N3O4. The second kappa shape index (κ2) is 11.3. The molecule has 0 aromatic heterocycles. The van der Waals surface area contributed by atoms with E-state index < -0.39 is 0 Å². The first-order valence-corrected chi connectivity index (χ1v) is 8.24. The molecule has 0 bridgehead atoms. The molecule has 1 aromatic rings. The number of urea groups is 1. The fourth-order valence-electron chi connectivity index (χ4n) is 2.32. The summed E-state index contributed by atoms with van der Waals surface area (Å²) in [6.07, 6.45) is 3.65. The van der Waals surface area contributed by atoms with E-state index in [0.29, 0.717) is 19.5 Å². The van der Waals surface area contributed by atoms with E-state index in [-0.39, 0.29) is 11.9 Å². The van der Waals surface area contributed by atoms with Gasteiger partial charge in [0.1, 0.15) is 5.75 Å². The van der Waals surface area contributed by atoms with Gasteiger partial charge in [-0.3, -0.25) is 14.9 Å². The van der Waals surface area contributed by atoms with Gasteiger partial charge in [-0.15, -0.1) is 0 Å². The average molecular weight is 337 g/mol. The quantitative estimate of drug-likeness (QED) is 0.348. The summed E-state index contributed by atoms with van der Waals surface area (Å²) in [5.74, 6) is 0.383. The standard InChI is InChI=1S/C17H27N3O4/c1-3-18-17(22)20(14-9-11-15(24-2)12-10-14)13-7-5-4-6-8-16(21)19-23/h9-12,23H,3-8,13H2,1-2H3,(H,18,22)(H,19,21). The van der Waals surface area contributed by atoms with Crippen molar-refractivity contribution in [3.05, 3.63) is 24.3 Å². The number of anilines is 1. The van der Waals surface area contributed by atoms with Crippen LogP contribution >= 0.6 is 0 Å². The molecule has 0 atom stereocenters. The number of rotatable bonds is 10. The Kier molecular flexibility index (Phi) is 9.29. The number of unbranched alkanes of at least 4 members (excludes halogenated alkanes) is 3. The van der Waals surface area contributed by atoms with Gasteiger partial charge < -0.3 is 10.1 Å². The summed E-state index contributed by atoms with van der Waals surface area (Å²) < 4.78 is 5.14. The number of ether oxygens (including phenoxy) is 1. The normalized spacial score (nSPS) is 10.1. The molecule has 3 amide bonds. The van der Waals surface area contributed by atoms with Crippen molar-refractivity contribution in [1.29, 1.82) is 0 Å². The van der Waals surface area contributed by atoms with Crippen molar-refractivity contribution in [2.75, 3.05) is 25.1 Å². The molecule has 0 saturated carbocycles. The largest absolute Gasteiger partial charge is 0.497 e. The number of nitrogens with one attached hydrogen (secondary N) is 2. The van der Waals surface area contributed by atoms with Gasteiger partial charge in [0.05, 0.1) is 7.11 Å². The molecule has 7 nitrogen and oxygen atoms in total. The SMILES string of the molecule is CCNC(=O)N(CCCCCCC(=O)NO)c1ccc(OC)cc1. The van der Waals surface area contributed by atoms with E-state index in [1.165, 1.54) is 0 Å². The molecule has 0 unspecified atom stereocenters. The van der Waals surface area contributed by atoms with E-state index in [1.807, 2.05) is 31.2 Å². The fraction of sp³-hybridized carbons (Fsp3) is 0.529. The fourth-order valence-corrected chi connectivity index (χ4v) is 2.32. The minimum absolute atomic E-state index is 0.123. The molecule has 0 radical (unpaired) electrons. The van der Waals surface area contributed by atoms with Crippen LogP contribution in [0.3, 0.4) is 0 Å². The maximum Gasteiger partial charge on any atom is 0.321 e. The van der Waals surface area contributed by atoms with Crippen molar-refractivity contribution >= 4 is 17.6 Å². The molecule has 0 heterocycles. The van der Waals surface area contributed by atoms with Crippen LogP contribution in [0.15, 0.2) is 24.3 Å². The highest BCUT2D eigenvalue weighted by Gasteiger charge is 2.14. The van der Waals surface area contributed by atoms with E-state index in [2.05, 4.69) is 5.32 Å². The smallest absolute Gasteiger partial charge is 0.321 e. The van der Waals surface area contributed by atoms with E-state index in [4.69, 9.17) is 9.94 Å². The lowest BCUT2D eigenvalue weighted by Gasteiger charge is -2.23. The number of carbonyl (C=O) groups excluding carboxylic acids is 2. The van der Waals surface area contributed by atoms with Crippen molar-refractivity contribution < 1.29 is 19.5 Å². The Hall–Kier alpha value is -2.28. The van der Waals surface area contributed by atoms with Crippen LogP contribution < -0.4 is 20.4 Å². The second-order valence-corrected chi connectivity index (χ2v) is 5.38. The molecule has 24 heavy (non-hydrogen) atoms. The third kappa shape index (κ3) is 6.87. The van der Waals surface area contributed by atoms with Crippen molar-refractivity contribution in [1.82, 2.24) is 10.8 Å². The number of benzene rings is 1. The lowest BCUT2D eigenvalue weighted by Crippen LogP contribution is -2.40. The molecule has 0 aliphatic heterocycles. The van der Waals surface area contributed by atoms with Gasteiger partial charge in [0.2, 0.25) is 5.91 Å². The van der Waals surface area contributed by atoms with Crippen LogP contribution in [0.5, 0.6) is 5.75 Å². The number of hydrogen-bond donors (Lipinski definition) is 3. The molecule has 1 aromatic carbocycles. The molecule has 1 rings (SSSR count). The Balaban J connectivity index is 2.50. The van der Waals surface area contributed by atoms with E-state index in [9.17, 15) is 9.59 Å². The van der Waals surface area contributed by atoms with Gasteiger partial charge >= 0.3 is 6.03 Å². The number of hydroxylamine groups is 1. The van der Waals surface area contributed by atoms with E-state index in [1.54, 1.807) is 17.5 Å². The highest BCUT2D eigenvalue weighted by Crippen LogP contribution is 2.20. The Morgan fingerprint density at radius 3 is 2.38 bits per heavy atom. The first-order chi connectivity index (χ1) is 11.6. The zero-order valence-corrected chi connectivity index (χ0v) is 14.4. The maximum atomic E-state index is 12.2. The van der Waals surface area contributed by atoms with Gasteiger partial charge in [-0.25, -0.2) is 10.3 Å². The predicted octanol–water partition coefficient (Wildman–Crippen LogP) is 2.69. The number of hydrogen-bond acceptors (Lipinski definition) is 4. The summed E-state index contributed by atoms with van der Waals surface area (Å²) >= 11 is 0. The highest BCUT2D eigenvalue weighted by molar-refractivity contribution is 5.91. The van der Waals surface area contributed by atoms with Crippen molar-refractivity contribution in [3.8, 4) is 5.75 Å². The van der Waals surface area contributed by atoms with Crippen molar-refractivity contribution in [2.45, 2.75) is 39.0 Å². The summed E-state index contributed by atoms with van der Waals surface area (Å²) in [5, 5.41) is 11.2. The maximum absolute atomic E-state index is 12.2. The Labute approximate surface area is 142 Å². The van der Waals surface area contributed by atoms with Crippen LogP contribution in [-0.4, -0.2) is 37.3 Å². The molecule has 0 fully saturated rings. The zero-order valence-electron chi connectivity index (χ0n) is 14.4. The lowest BCUT2D eigenvalue weighted by molar-refractivity contribution is -0.129. The number of amides is 3. The highest BCUT2D eigenvalue weighted by atomic mass is 16.5. The minimum Gasteiger partial charge on any atom is -0.497 e. The van der Waals surface area contributed by atoms with Crippen LogP contribution in [0.1, 0.15) is 39.0 Å². The predicted molar refractivity (Wildman–Crippen MR) is 92.4 cm³/mol. The Morgan fingerprint density at radius 2 is 1.79 bits per heavy atom. The van der Waals surface area contributed by atoms with Crippen LogP contribution in [0.4, 0.5) is 10.5 Å². The number of nitrogens with zero attached hydrogens (tertiary/aromatic N) is 1. The Morgan fingerprint density at radius 1 is 1.12 bits per heavy atom. The molecule has 134 valence electrons. The van der Waals surface area contributed by atoms with Crippen LogP contribution in [0, 0.1) is 0 Å². The molecule has 0 aliphatic rings. The van der Waals surface area contributed by atoms with Crippen LogP contribution in [-0.2, 0) is 4.79 Å².